The van der Waals surface area contributed by atoms with Gasteiger partial charge in [-0.3, -0.25) is 4.79 Å². The third-order valence-corrected chi connectivity index (χ3v) is 6.16. The van der Waals surface area contributed by atoms with Gasteiger partial charge in [0.1, 0.15) is 12.4 Å². The molecule has 5 heteroatoms. The molecule has 1 N–H and O–H groups in total. The first-order valence-corrected chi connectivity index (χ1v) is 13.3. The van der Waals surface area contributed by atoms with Crippen LogP contribution in [0.3, 0.4) is 0 Å². The average molecular weight is 516 g/mol. The second kappa shape index (κ2) is 17.4. The lowest BCUT2D eigenvalue weighted by molar-refractivity contribution is -0.121. The quantitative estimate of drug-likeness (QED) is 0.131. The van der Waals surface area contributed by atoms with Crippen LogP contribution in [-0.2, 0) is 11.4 Å². The van der Waals surface area contributed by atoms with Crippen molar-refractivity contribution in [2.24, 2.45) is 5.10 Å². The van der Waals surface area contributed by atoms with Crippen molar-refractivity contribution in [1.82, 2.24) is 5.43 Å². The molecule has 180 valence electrons. The highest BCUT2D eigenvalue weighted by Gasteiger charge is 2.03. The van der Waals surface area contributed by atoms with Crippen molar-refractivity contribution in [3.63, 3.8) is 0 Å². The predicted octanol–water partition coefficient (Wildman–Crippen LogP) is 8.18. The van der Waals surface area contributed by atoms with E-state index in [-0.39, 0.29) is 5.91 Å². The number of rotatable bonds is 17. The van der Waals surface area contributed by atoms with Gasteiger partial charge in [-0.2, -0.15) is 5.10 Å². The van der Waals surface area contributed by atoms with Crippen LogP contribution < -0.4 is 10.2 Å². The second-order valence-electron chi connectivity index (χ2n) is 8.53. The molecule has 1 amide bonds. The Morgan fingerprint density at radius 1 is 0.879 bits per heavy atom. The number of benzene rings is 2. The Morgan fingerprint density at radius 3 is 2.15 bits per heavy atom. The van der Waals surface area contributed by atoms with Crippen LogP contribution in [0.25, 0.3) is 0 Å². The highest BCUT2D eigenvalue weighted by atomic mass is 79.9. The Labute approximate surface area is 208 Å². The summed E-state index contributed by atoms with van der Waals surface area (Å²) in [4.78, 5) is 12.1. The van der Waals surface area contributed by atoms with Gasteiger partial charge in [0, 0.05) is 16.5 Å². The summed E-state index contributed by atoms with van der Waals surface area (Å²) < 4.78 is 6.99. The van der Waals surface area contributed by atoms with Crippen LogP contribution in [0.4, 0.5) is 0 Å². The summed E-state index contributed by atoms with van der Waals surface area (Å²) in [5.41, 5.74) is 4.57. The first-order chi connectivity index (χ1) is 16.2. The number of halogens is 1. The highest BCUT2D eigenvalue weighted by Crippen LogP contribution is 2.18. The third kappa shape index (κ3) is 12.6. The molecule has 0 saturated heterocycles. The number of carbonyl (C=O) groups is 1. The van der Waals surface area contributed by atoms with E-state index in [1.54, 1.807) is 6.21 Å². The first-order valence-electron chi connectivity index (χ1n) is 12.5. The molecule has 33 heavy (non-hydrogen) atoms. The number of amides is 1. The number of hydrogen-bond acceptors (Lipinski definition) is 3. The molecular weight excluding hydrogens is 476 g/mol. The predicted molar refractivity (Wildman–Crippen MR) is 142 cm³/mol. The Hall–Kier alpha value is -2.14. The van der Waals surface area contributed by atoms with Gasteiger partial charge in [0.2, 0.25) is 5.91 Å². The molecule has 0 fully saturated rings. The molecule has 0 aliphatic heterocycles. The summed E-state index contributed by atoms with van der Waals surface area (Å²) in [5, 5.41) is 4.13. The first kappa shape index (κ1) is 27.1. The minimum atomic E-state index is -0.0320. The SMILES string of the molecule is CCCCCCCCCCCCCC(=O)N/N=C\c1ccccc1OCc1ccc(Br)cc1. The van der Waals surface area contributed by atoms with Gasteiger partial charge in [-0.25, -0.2) is 5.43 Å². The molecule has 0 atom stereocenters. The minimum Gasteiger partial charge on any atom is -0.488 e. The zero-order valence-electron chi connectivity index (χ0n) is 20.0. The molecule has 0 heterocycles. The van der Waals surface area contributed by atoms with Crippen LogP contribution in [0.5, 0.6) is 5.75 Å². The van der Waals surface area contributed by atoms with Crippen molar-refractivity contribution in [1.29, 1.82) is 0 Å². The molecule has 0 unspecified atom stereocenters. The summed E-state index contributed by atoms with van der Waals surface area (Å²) in [7, 11) is 0. The monoisotopic (exact) mass is 514 g/mol. The number of nitrogens with zero attached hydrogens (tertiary/aromatic N) is 1. The number of carbonyl (C=O) groups excluding carboxylic acids is 1. The van der Waals surface area contributed by atoms with Gasteiger partial charge in [-0.05, 0) is 36.2 Å². The molecule has 0 radical (unpaired) electrons. The highest BCUT2D eigenvalue weighted by molar-refractivity contribution is 9.10. The van der Waals surface area contributed by atoms with Crippen LogP contribution in [0, 0.1) is 0 Å². The standard InChI is InChI=1S/C28H39BrN2O2/c1-2-3-4-5-6-7-8-9-10-11-12-17-28(32)31-30-22-25-15-13-14-16-27(25)33-23-24-18-20-26(29)21-19-24/h13-16,18-22H,2-12,17,23H2,1H3,(H,31,32)/b30-22-. The normalized spacial score (nSPS) is 11.1. The lowest BCUT2D eigenvalue weighted by atomic mass is 10.1. The molecule has 2 aromatic rings. The topological polar surface area (TPSA) is 50.7 Å². The Bertz CT molecular complexity index is 821. The van der Waals surface area contributed by atoms with Crippen molar-refractivity contribution >= 4 is 28.1 Å². The van der Waals surface area contributed by atoms with E-state index in [9.17, 15) is 4.79 Å². The number of hydrogen-bond donors (Lipinski definition) is 1. The number of hydrazone groups is 1. The largest absolute Gasteiger partial charge is 0.488 e. The Kier molecular flexibility index (Phi) is 14.3. The molecule has 2 rings (SSSR count). The van der Waals surface area contributed by atoms with Gasteiger partial charge >= 0.3 is 0 Å². The molecule has 0 aromatic heterocycles. The summed E-state index contributed by atoms with van der Waals surface area (Å²) in [6.07, 6.45) is 16.2. The molecular formula is C28H39BrN2O2. The minimum absolute atomic E-state index is 0.0320. The molecule has 2 aromatic carbocycles. The van der Waals surface area contributed by atoms with Crippen molar-refractivity contribution in [2.75, 3.05) is 0 Å². The number of nitrogens with one attached hydrogen (secondary N) is 1. The fourth-order valence-electron chi connectivity index (χ4n) is 3.64. The number of unbranched alkanes of at least 4 members (excludes halogenated alkanes) is 10. The smallest absolute Gasteiger partial charge is 0.240 e. The zero-order chi connectivity index (χ0) is 23.6. The summed E-state index contributed by atoms with van der Waals surface area (Å²) in [5.74, 6) is 0.708. The Morgan fingerprint density at radius 2 is 1.48 bits per heavy atom. The van der Waals surface area contributed by atoms with Gasteiger partial charge in [0.25, 0.3) is 0 Å². The zero-order valence-corrected chi connectivity index (χ0v) is 21.6. The maximum Gasteiger partial charge on any atom is 0.240 e. The van der Waals surface area contributed by atoms with E-state index in [0.717, 1.165) is 34.2 Å². The van der Waals surface area contributed by atoms with Crippen molar-refractivity contribution in [2.45, 2.75) is 90.6 Å². The maximum absolute atomic E-state index is 12.1. The van der Waals surface area contributed by atoms with Crippen LogP contribution >= 0.6 is 15.9 Å². The fourth-order valence-corrected chi connectivity index (χ4v) is 3.90. The van der Waals surface area contributed by atoms with E-state index in [1.807, 2.05) is 48.5 Å². The fraction of sp³-hybridized carbons (Fsp3) is 0.500. The third-order valence-electron chi connectivity index (χ3n) is 5.63. The van der Waals surface area contributed by atoms with Crippen LogP contribution in [-0.4, -0.2) is 12.1 Å². The van der Waals surface area contributed by atoms with Gasteiger partial charge in [0.15, 0.2) is 0 Å². The molecule has 0 spiro atoms. The van der Waals surface area contributed by atoms with Gasteiger partial charge in [0.05, 0.1) is 6.21 Å². The molecule has 4 nitrogen and oxygen atoms in total. The van der Waals surface area contributed by atoms with Crippen LogP contribution in [0.1, 0.15) is 95.1 Å². The van der Waals surface area contributed by atoms with Gasteiger partial charge in [-0.15, -0.1) is 0 Å². The van der Waals surface area contributed by atoms with E-state index in [0.29, 0.717) is 13.0 Å². The number of para-hydroxylation sites is 1. The van der Waals surface area contributed by atoms with E-state index in [4.69, 9.17) is 4.74 Å². The summed E-state index contributed by atoms with van der Waals surface area (Å²) in [6, 6.07) is 15.7. The lowest BCUT2D eigenvalue weighted by Gasteiger charge is -2.09. The van der Waals surface area contributed by atoms with Crippen LogP contribution in [0.2, 0.25) is 0 Å². The van der Waals surface area contributed by atoms with Gasteiger partial charge < -0.3 is 4.74 Å². The van der Waals surface area contributed by atoms with E-state index in [1.165, 1.54) is 57.8 Å². The molecule has 0 bridgehead atoms. The maximum atomic E-state index is 12.1. The number of ether oxygens (including phenoxy) is 1. The van der Waals surface area contributed by atoms with Gasteiger partial charge in [-0.1, -0.05) is 111 Å². The van der Waals surface area contributed by atoms with Crippen molar-refractivity contribution in [3.8, 4) is 5.75 Å². The van der Waals surface area contributed by atoms with E-state index < -0.39 is 0 Å². The Balaban J connectivity index is 1.58. The van der Waals surface area contributed by atoms with E-state index >= 15 is 0 Å². The van der Waals surface area contributed by atoms with Crippen molar-refractivity contribution < 1.29 is 9.53 Å². The van der Waals surface area contributed by atoms with Crippen molar-refractivity contribution in [3.05, 3.63) is 64.1 Å². The summed E-state index contributed by atoms with van der Waals surface area (Å²) in [6.45, 7) is 2.73. The molecule has 0 aliphatic rings. The summed E-state index contributed by atoms with van der Waals surface area (Å²) >= 11 is 3.44. The molecule has 0 aliphatic carbocycles. The van der Waals surface area contributed by atoms with E-state index in [2.05, 4.69) is 33.4 Å². The second-order valence-corrected chi connectivity index (χ2v) is 9.45. The molecule has 0 saturated carbocycles. The average Bonchev–Trinajstić information content (AvgIpc) is 2.83. The lowest BCUT2D eigenvalue weighted by Crippen LogP contribution is -2.17. The van der Waals surface area contributed by atoms with Crippen LogP contribution in [0.15, 0.2) is 58.1 Å².